The highest BCUT2D eigenvalue weighted by atomic mass is 16.5. The summed E-state index contributed by atoms with van der Waals surface area (Å²) < 4.78 is 4.85. The second-order valence-electron chi connectivity index (χ2n) is 3.63. The Balaban J connectivity index is 4.94. The van der Waals surface area contributed by atoms with E-state index in [9.17, 15) is 14.4 Å². The molecule has 0 aromatic carbocycles. The van der Waals surface area contributed by atoms with Crippen LogP contribution in [0.5, 0.6) is 0 Å². The van der Waals surface area contributed by atoms with Gasteiger partial charge in [0.15, 0.2) is 5.60 Å². The fourth-order valence-electron chi connectivity index (χ4n) is 1.27. The van der Waals surface area contributed by atoms with Gasteiger partial charge in [0.2, 0.25) is 0 Å². The van der Waals surface area contributed by atoms with E-state index in [0.717, 1.165) is 0 Å². The summed E-state index contributed by atoms with van der Waals surface area (Å²) in [6.07, 6.45) is -2.22. The zero-order valence-corrected chi connectivity index (χ0v) is 9.77. The molecule has 0 aromatic rings. The first-order chi connectivity index (χ1) is 8.73. The van der Waals surface area contributed by atoms with E-state index in [0.29, 0.717) is 0 Å². The van der Waals surface area contributed by atoms with E-state index >= 15 is 0 Å². The molecule has 0 heterocycles. The second kappa shape index (κ2) is 7.16. The Bertz CT molecular complexity index is 376. The average molecular weight is 278 g/mol. The number of amidine groups is 1. The summed E-state index contributed by atoms with van der Waals surface area (Å²) in [5, 5.41) is 37.1. The van der Waals surface area contributed by atoms with Crippen LogP contribution in [0.2, 0.25) is 0 Å². The Morgan fingerprint density at radius 1 is 1.11 bits per heavy atom. The molecule has 0 radical (unpaired) electrons. The highest BCUT2D eigenvalue weighted by Crippen LogP contribution is 2.22. The summed E-state index contributed by atoms with van der Waals surface area (Å²) in [5.74, 6) is -5.01. The van der Waals surface area contributed by atoms with Gasteiger partial charge in [-0.15, -0.1) is 0 Å². The predicted molar refractivity (Wildman–Crippen MR) is 58.9 cm³/mol. The van der Waals surface area contributed by atoms with Crippen LogP contribution in [0, 0.1) is 0 Å². The van der Waals surface area contributed by atoms with Crippen LogP contribution in [0.25, 0.3) is 0 Å². The number of aliphatic carboxylic acids is 3. The van der Waals surface area contributed by atoms with Crippen LogP contribution in [-0.4, -0.2) is 56.5 Å². The van der Waals surface area contributed by atoms with Crippen molar-refractivity contribution in [2.75, 3.05) is 6.61 Å². The lowest BCUT2D eigenvalue weighted by Crippen LogP contribution is -2.46. The molecule has 10 nitrogen and oxygen atoms in total. The lowest BCUT2D eigenvalue weighted by atomic mass is 9.95. The van der Waals surface area contributed by atoms with Crippen molar-refractivity contribution in [1.29, 1.82) is 0 Å². The van der Waals surface area contributed by atoms with Crippen molar-refractivity contribution in [2.24, 2.45) is 10.9 Å². The number of carbonyl (C=O) groups is 3. The molecule has 0 atom stereocenters. The maximum atomic E-state index is 11.1. The van der Waals surface area contributed by atoms with E-state index in [-0.39, 0.29) is 12.3 Å². The van der Waals surface area contributed by atoms with Crippen molar-refractivity contribution in [3.63, 3.8) is 0 Å². The minimum atomic E-state index is -2.40. The molecule has 0 aliphatic rings. The van der Waals surface area contributed by atoms with Gasteiger partial charge >= 0.3 is 17.9 Å². The lowest BCUT2D eigenvalue weighted by Gasteiger charge is -2.26. The van der Waals surface area contributed by atoms with Gasteiger partial charge in [0.05, 0.1) is 19.4 Å². The molecule has 0 saturated carbocycles. The first-order valence-corrected chi connectivity index (χ1v) is 5.01. The zero-order chi connectivity index (χ0) is 15.1. The third-order valence-electron chi connectivity index (χ3n) is 2.13. The van der Waals surface area contributed by atoms with E-state index in [1.165, 1.54) is 0 Å². The number of hydrogen-bond acceptors (Lipinski definition) is 6. The molecule has 0 aliphatic heterocycles. The number of rotatable bonds is 9. The largest absolute Gasteiger partial charge is 0.481 e. The molecule has 0 unspecified atom stereocenters. The number of carboxylic acids is 3. The molecule has 6 N–H and O–H groups in total. The van der Waals surface area contributed by atoms with Gasteiger partial charge in [0, 0.05) is 6.42 Å². The summed E-state index contributed by atoms with van der Waals surface area (Å²) >= 11 is 0. The Morgan fingerprint density at radius 2 is 1.58 bits per heavy atom. The quantitative estimate of drug-likeness (QED) is 0.151. The van der Waals surface area contributed by atoms with Crippen molar-refractivity contribution in [2.45, 2.75) is 24.9 Å². The summed E-state index contributed by atoms with van der Waals surface area (Å²) in [6, 6.07) is 0. The third-order valence-corrected chi connectivity index (χ3v) is 2.13. The fraction of sp³-hybridized carbons (Fsp3) is 0.556. The minimum absolute atomic E-state index is 0.176. The van der Waals surface area contributed by atoms with Crippen LogP contribution in [0.15, 0.2) is 5.16 Å². The maximum Gasteiger partial charge on any atom is 0.337 e. The first kappa shape index (κ1) is 16.6. The normalized spacial score (nSPS) is 12.1. The summed E-state index contributed by atoms with van der Waals surface area (Å²) in [5.41, 5.74) is 2.73. The minimum Gasteiger partial charge on any atom is -0.481 e. The van der Waals surface area contributed by atoms with Gasteiger partial charge in [-0.05, 0) is 0 Å². The van der Waals surface area contributed by atoms with Crippen LogP contribution in [0.4, 0.5) is 0 Å². The van der Waals surface area contributed by atoms with E-state index in [4.69, 9.17) is 31.0 Å². The van der Waals surface area contributed by atoms with Gasteiger partial charge in [0.1, 0.15) is 5.84 Å². The van der Waals surface area contributed by atoms with Crippen molar-refractivity contribution in [1.82, 2.24) is 0 Å². The monoisotopic (exact) mass is 278 g/mol. The first-order valence-electron chi connectivity index (χ1n) is 5.01. The predicted octanol–water partition coefficient (Wildman–Crippen LogP) is -1.09. The Morgan fingerprint density at radius 3 is 1.89 bits per heavy atom. The number of ether oxygens (including phenoxy) is 1. The van der Waals surface area contributed by atoms with Gasteiger partial charge in [-0.1, -0.05) is 5.16 Å². The molecular formula is C9H14N2O8. The molecule has 0 aliphatic carbocycles. The van der Waals surface area contributed by atoms with E-state index in [1.807, 2.05) is 0 Å². The lowest BCUT2D eigenvalue weighted by molar-refractivity contribution is -0.178. The second-order valence-corrected chi connectivity index (χ2v) is 3.63. The number of hydrogen-bond donors (Lipinski definition) is 5. The van der Waals surface area contributed by atoms with Crippen molar-refractivity contribution in [3.05, 3.63) is 0 Å². The van der Waals surface area contributed by atoms with Crippen LogP contribution in [0.1, 0.15) is 19.3 Å². The highest BCUT2D eigenvalue weighted by Gasteiger charge is 2.44. The summed E-state index contributed by atoms with van der Waals surface area (Å²) in [6.45, 7) is -0.400. The number of nitrogens with zero attached hydrogens (tertiary/aromatic N) is 1. The van der Waals surface area contributed by atoms with E-state index < -0.39 is 43.0 Å². The molecule has 0 rings (SSSR count). The van der Waals surface area contributed by atoms with Gasteiger partial charge < -0.3 is 31.0 Å². The van der Waals surface area contributed by atoms with Crippen molar-refractivity contribution >= 4 is 23.7 Å². The molecule has 0 bridgehead atoms. The molecule has 0 aromatic heterocycles. The van der Waals surface area contributed by atoms with Crippen molar-refractivity contribution in [3.8, 4) is 0 Å². The Labute approximate surface area is 107 Å². The number of carboxylic acid groups (broad SMARTS) is 3. The molecule has 0 amide bonds. The maximum absolute atomic E-state index is 11.1. The molecule has 0 fully saturated rings. The van der Waals surface area contributed by atoms with Gasteiger partial charge in [-0.25, -0.2) is 4.79 Å². The van der Waals surface area contributed by atoms with Crippen molar-refractivity contribution < 1.29 is 39.6 Å². The van der Waals surface area contributed by atoms with Crippen LogP contribution in [-0.2, 0) is 19.1 Å². The Kier molecular flexibility index (Phi) is 6.27. The Hall–Kier alpha value is -2.36. The van der Waals surface area contributed by atoms with E-state index in [1.54, 1.807) is 0 Å². The SMILES string of the molecule is N/C(CCOC(CC(=O)O)(CC(=O)O)C(=O)O)=N/O. The molecular weight excluding hydrogens is 264 g/mol. The van der Waals surface area contributed by atoms with Gasteiger partial charge in [-0.3, -0.25) is 9.59 Å². The molecule has 10 heteroatoms. The summed E-state index contributed by atoms with van der Waals surface area (Å²) in [7, 11) is 0. The fourth-order valence-corrected chi connectivity index (χ4v) is 1.27. The third kappa shape index (κ3) is 5.68. The smallest absolute Gasteiger partial charge is 0.337 e. The van der Waals surface area contributed by atoms with Crippen LogP contribution >= 0.6 is 0 Å². The van der Waals surface area contributed by atoms with Crippen LogP contribution in [0.3, 0.4) is 0 Å². The number of nitrogens with two attached hydrogens (primary N) is 1. The molecule has 0 spiro atoms. The molecule has 19 heavy (non-hydrogen) atoms. The van der Waals surface area contributed by atoms with Crippen LogP contribution < -0.4 is 5.73 Å². The standard InChI is InChI=1S/C9H14N2O8/c10-5(11-18)1-2-19-9(8(16)17,3-6(12)13)4-7(14)15/h18H,1-4H2,(H2,10,11)(H,12,13)(H,14,15)(H,16,17). The molecule has 0 saturated heterocycles. The molecule has 108 valence electrons. The van der Waals surface area contributed by atoms with Gasteiger partial charge in [0.25, 0.3) is 0 Å². The van der Waals surface area contributed by atoms with E-state index in [2.05, 4.69) is 5.16 Å². The summed E-state index contributed by atoms with van der Waals surface area (Å²) in [4.78, 5) is 32.3. The topological polar surface area (TPSA) is 180 Å². The van der Waals surface area contributed by atoms with Gasteiger partial charge in [-0.2, -0.15) is 0 Å². The zero-order valence-electron chi connectivity index (χ0n) is 9.77. The highest BCUT2D eigenvalue weighted by molar-refractivity contribution is 5.88. The number of oxime groups is 1. The average Bonchev–Trinajstić information content (AvgIpc) is 2.26.